The van der Waals surface area contributed by atoms with E-state index in [1.54, 1.807) is 0 Å². The van der Waals surface area contributed by atoms with Gasteiger partial charge in [0.25, 0.3) is 0 Å². The van der Waals surface area contributed by atoms with Gasteiger partial charge in [0, 0.05) is 13.1 Å². The molecular formula is C29H39NO3. The van der Waals surface area contributed by atoms with E-state index in [1.165, 1.54) is 43.2 Å². The molecule has 2 aromatic carbocycles. The first kappa shape index (κ1) is 25.2. The number of nitrogens with zero attached hydrogens (tertiary/aromatic N) is 1. The maximum atomic E-state index is 13.6. The van der Waals surface area contributed by atoms with Crippen molar-refractivity contribution in [3.63, 3.8) is 0 Å². The number of carbonyl (C=O) groups excluding carboxylic acids is 2. The summed E-state index contributed by atoms with van der Waals surface area (Å²) in [6, 6.07) is 20.3. The first-order valence-corrected chi connectivity index (χ1v) is 12.4. The van der Waals surface area contributed by atoms with Crippen molar-refractivity contribution in [1.82, 2.24) is 4.90 Å². The summed E-state index contributed by atoms with van der Waals surface area (Å²) in [6.07, 6.45) is 6.71. The van der Waals surface area contributed by atoms with E-state index in [1.807, 2.05) is 57.2 Å². The molecule has 0 aromatic heterocycles. The van der Waals surface area contributed by atoms with E-state index >= 15 is 0 Å². The van der Waals surface area contributed by atoms with Gasteiger partial charge in [-0.3, -0.25) is 14.5 Å². The minimum absolute atomic E-state index is 0.0262. The standard InChI is InChI=1S/C29H39NO3/c1-29(2,3)33-28(32)20-27(31)26(19-23-13-7-4-8-14-23)30(21-24-15-9-5-10-16-24)22-25-17-11-6-12-18-25/h5-6,9-12,15-18,23,26H,4,7-8,13-14,19-22H2,1-3H3/t26-/m1/s1. The predicted octanol–water partition coefficient (Wildman–Crippen LogP) is 6.33. The molecule has 4 heteroatoms. The fraction of sp³-hybridized carbons (Fsp3) is 0.517. The third kappa shape index (κ3) is 8.77. The molecule has 0 heterocycles. The number of benzene rings is 2. The van der Waals surface area contributed by atoms with Crippen molar-refractivity contribution in [1.29, 1.82) is 0 Å². The van der Waals surface area contributed by atoms with Crippen molar-refractivity contribution in [2.75, 3.05) is 0 Å². The molecule has 0 unspecified atom stereocenters. The second-order valence-corrected chi connectivity index (χ2v) is 10.4. The first-order chi connectivity index (χ1) is 15.8. The van der Waals surface area contributed by atoms with E-state index in [9.17, 15) is 9.59 Å². The van der Waals surface area contributed by atoms with Crippen LogP contribution < -0.4 is 0 Å². The Balaban J connectivity index is 1.85. The van der Waals surface area contributed by atoms with Gasteiger partial charge in [-0.1, -0.05) is 92.8 Å². The largest absolute Gasteiger partial charge is 0.460 e. The highest BCUT2D eigenvalue weighted by atomic mass is 16.6. The SMILES string of the molecule is CC(C)(C)OC(=O)CC(=O)[C@@H](CC1CCCCC1)N(Cc1ccccc1)Cc1ccccc1. The van der Waals surface area contributed by atoms with Gasteiger partial charge in [-0.15, -0.1) is 0 Å². The topological polar surface area (TPSA) is 46.6 Å². The Morgan fingerprint density at radius 2 is 1.39 bits per heavy atom. The number of ether oxygens (including phenoxy) is 1. The second-order valence-electron chi connectivity index (χ2n) is 10.4. The van der Waals surface area contributed by atoms with Gasteiger partial charge in [-0.2, -0.15) is 0 Å². The molecule has 1 fully saturated rings. The summed E-state index contributed by atoms with van der Waals surface area (Å²) < 4.78 is 5.49. The van der Waals surface area contributed by atoms with Gasteiger partial charge >= 0.3 is 5.97 Å². The lowest BCUT2D eigenvalue weighted by Crippen LogP contribution is -2.43. The number of ketones is 1. The van der Waals surface area contributed by atoms with Crippen LogP contribution in [0.2, 0.25) is 0 Å². The average molecular weight is 450 g/mol. The number of rotatable bonds is 10. The molecule has 1 atom stereocenters. The van der Waals surface area contributed by atoms with Crippen LogP contribution in [0.5, 0.6) is 0 Å². The summed E-state index contributed by atoms with van der Waals surface area (Å²) in [5, 5.41) is 0. The molecule has 178 valence electrons. The van der Waals surface area contributed by atoms with Crippen LogP contribution in [0.1, 0.15) is 76.8 Å². The van der Waals surface area contributed by atoms with Crippen molar-refractivity contribution in [3.05, 3.63) is 71.8 Å². The normalized spacial score (nSPS) is 15.9. The zero-order chi connectivity index (χ0) is 23.7. The van der Waals surface area contributed by atoms with Crippen molar-refractivity contribution in [3.8, 4) is 0 Å². The second kappa shape index (κ2) is 12.1. The molecule has 0 bridgehead atoms. The van der Waals surface area contributed by atoms with Crippen LogP contribution in [0.4, 0.5) is 0 Å². The van der Waals surface area contributed by atoms with Crippen LogP contribution in [-0.4, -0.2) is 28.3 Å². The van der Waals surface area contributed by atoms with Crippen LogP contribution in [0, 0.1) is 5.92 Å². The molecule has 0 N–H and O–H groups in total. The molecule has 33 heavy (non-hydrogen) atoms. The molecule has 0 spiro atoms. The van der Waals surface area contributed by atoms with E-state index in [-0.39, 0.29) is 18.2 Å². The van der Waals surface area contributed by atoms with E-state index in [0.29, 0.717) is 19.0 Å². The number of Topliss-reactive ketones (excluding diaryl/α,β-unsaturated/α-hetero) is 1. The molecule has 0 radical (unpaired) electrons. The maximum Gasteiger partial charge on any atom is 0.313 e. The minimum atomic E-state index is -0.593. The van der Waals surface area contributed by atoms with Gasteiger partial charge in [0.15, 0.2) is 5.78 Å². The van der Waals surface area contributed by atoms with Crippen LogP contribution in [0.3, 0.4) is 0 Å². The Labute approximate surface area is 199 Å². The Morgan fingerprint density at radius 1 is 0.879 bits per heavy atom. The lowest BCUT2D eigenvalue weighted by Gasteiger charge is -2.34. The number of carbonyl (C=O) groups is 2. The van der Waals surface area contributed by atoms with E-state index in [4.69, 9.17) is 4.74 Å². The van der Waals surface area contributed by atoms with E-state index in [0.717, 1.165) is 6.42 Å². The highest BCUT2D eigenvalue weighted by Crippen LogP contribution is 2.30. The first-order valence-electron chi connectivity index (χ1n) is 12.4. The highest BCUT2D eigenvalue weighted by Gasteiger charge is 2.32. The monoisotopic (exact) mass is 449 g/mol. The number of hydrogen-bond donors (Lipinski definition) is 0. The van der Waals surface area contributed by atoms with Crippen LogP contribution in [0.25, 0.3) is 0 Å². The Morgan fingerprint density at radius 3 is 1.88 bits per heavy atom. The molecule has 0 saturated heterocycles. The summed E-state index contributed by atoms with van der Waals surface area (Å²) in [5.74, 6) is 0.0718. The Hall–Kier alpha value is -2.46. The van der Waals surface area contributed by atoms with Gasteiger partial charge < -0.3 is 4.74 Å². The zero-order valence-electron chi connectivity index (χ0n) is 20.5. The van der Waals surface area contributed by atoms with E-state index in [2.05, 4.69) is 29.2 Å². The summed E-state index contributed by atoms with van der Waals surface area (Å²) in [7, 11) is 0. The van der Waals surface area contributed by atoms with Gasteiger partial charge in [-0.25, -0.2) is 0 Å². The van der Waals surface area contributed by atoms with Gasteiger partial charge in [0.2, 0.25) is 0 Å². The summed E-state index contributed by atoms with van der Waals surface area (Å²) in [4.78, 5) is 28.4. The molecule has 0 aliphatic heterocycles. The fourth-order valence-corrected chi connectivity index (χ4v) is 4.77. The number of esters is 1. The molecule has 1 saturated carbocycles. The fourth-order valence-electron chi connectivity index (χ4n) is 4.77. The molecule has 4 nitrogen and oxygen atoms in total. The quantitative estimate of drug-likeness (QED) is 0.314. The highest BCUT2D eigenvalue weighted by molar-refractivity contribution is 5.98. The molecule has 1 aliphatic rings. The minimum Gasteiger partial charge on any atom is -0.460 e. The van der Waals surface area contributed by atoms with Gasteiger partial charge in [-0.05, 0) is 44.2 Å². The molecule has 2 aromatic rings. The molecule has 0 amide bonds. The molecule has 1 aliphatic carbocycles. The van der Waals surface area contributed by atoms with Gasteiger partial charge in [0.1, 0.15) is 12.0 Å². The summed E-state index contributed by atoms with van der Waals surface area (Å²) in [6.45, 7) is 6.87. The third-order valence-corrected chi connectivity index (χ3v) is 6.29. The van der Waals surface area contributed by atoms with E-state index < -0.39 is 11.6 Å². The smallest absolute Gasteiger partial charge is 0.313 e. The summed E-state index contributed by atoms with van der Waals surface area (Å²) >= 11 is 0. The van der Waals surface area contributed by atoms with Crippen molar-refractivity contribution in [2.45, 2.75) is 90.4 Å². The lowest BCUT2D eigenvalue weighted by atomic mass is 9.83. The third-order valence-electron chi connectivity index (χ3n) is 6.29. The average Bonchev–Trinajstić information content (AvgIpc) is 2.78. The van der Waals surface area contributed by atoms with Crippen molar-refractivity contribution in [2.24, 2.45) is 5.92 Å². The zero-order valence-corrected chi connectivity index (χ0v) is 20.5. The maximum absolute atomic E-state index is 13.6. The van der Waals surface area contributed by atoms with Crippen LogP contribution in [0.15, 0.2) is 60.7 Å². The Kier molecular flexibility index (Phi) is 9.25. The van der Waals surface area contributed by atoms with Crippen LogP contribution >= 0.6 is 0 Å². The number of hydrogen-bond acceptors (Lipinski definition) is 4. The molecular weight excluding hydrogens is 410 g/mol. The predicted molar refractivity (Wildman–Crippen MR) is 133 cm³/mol. The van der Waals surface area contributed by atoms with Gasteiger partial charge in [0.05, 0.1) is 6.04 Å². The summed E-state index contributed by atoms with van der Waals surface area (Å²) in [5.41, 5.74) is 1.75. The van der Waals surface area contributed by atoms with Crippen molar-refractivity contribution < 1.29 is 14.3 Å². The lowest BCUT2D eigenvalue weighted by molar-refractivity contribution is -0.157. The molecule has 3 rings (SSSR count). The van der Waals surface area contributed by atoms with Crippen molar-refractivity contribution >= 4 is 11.8 Å². The Bertz CT molecular complexity index is 825. The van der Waals surface area contributed by atoms with Crippen LogP contribution in [-0.2, 0) is 27.4 Å².